The van der Waals surface area contributed by atoms with Gasteiger partial charge in [-0.2, -0.15) is 0 Å². The summed E-state index contributed by atoms with van der Waals surface area (Å²) in [6.45, 7) is 8.79. The summed E-state index contributed by atoms with van der Waals surface area (Å²) in [6.07, 6.45) is 8.47. The maximum absolute atomic E-state index is 11.1. The van der Waals surface area contributed by atoms with Crippen molar-refractivity contribution in [1.82, 2.24) is 0 Å². The molecule has 3 saturated carbocycles. The van der Waals surface area contributed by atoms with Gasteiger partial charge in [-0.05, 0) is 79.4 Å². The number of aliphatic hydroxyl groups excluding tert-OH is 1. The molecule has 5 aliphatic rings. The number of rotatable bonds is 1. The van der Waals surface area contributed by atoms with E-state index in [1.54, 1.807) is 11.1 Å². The molecule has 0 bridgehead atoms. The predicted molar refractivity (Wildman–Crippen MR) is 142 cm³/mol. The molecule has 1 aliphatic heterocycles. The lowest BCUT2D eigenvalue weighted by molar-refractivity contribution is -0.312. The third kappa shape index (κ3) is 4.08. The lowest BCUT2D eigenvalue weighted by atomic mass is 9.52. The molecule has 1 spiro atoms. The highest BCUT2D eigenvalue weighted by Crippen LogP contribution is 2.64. The first-order valence-corrected chi connectivity index (χ1v) is 14.2. The Morgan fingerprint density at radius 2 is 1.75 bits per heavy atom. The molecule has 1 aromatic carbocycles. The van der Waals surface area contributed by atoms with Crippen LogP contribution in [0.25, 0.3) is 0 Å². The van der Waals surface area contributed by atoms with E-state index in [0.29, 0.717) is 30.2 Å². The molecule has 0 radical (unpaired) electrons. The topological polar surface area (TPSA) is 64.7 Å². The van der Waals surface area contributed by atoms with Crippen LogP contribution in [0.4, 0.5) is 0 Å². The van der Waals surface area contributed by atoms with Crippen LogP contribution in [0.3, 0.4) is 0 Å². The number of hydrogen-bond acceptors (Lipinski definition) is 4. The van der Waals surface area contributed by atoms with Crippen molar-refractivity contribution in [3.63, 3.8) is 0 Å². The van der Waals surface area contributed by atoms with Gasteiger partial charge in [0.05, 0.1) is 25.9 Å². The fraction of sp³-hybridized carbons (Fsp3) is 0.688. The standard InChI is InChI=1S/C32H43NO3/c1-30(2)19-35-32(36-20-30)15-14-24-23(17-32)10-11-25-27-12-13-28(34)31(27,3)18-26(29(24)25)22-8-6-21(7-9-22)5-4-16-33/h6-9,23,25-28,34H,10-20,33H2,1-3H3/t23?,25?,26-,27?,28?,31?/m1/s1. The van der Waals surface area contributed by atoms with E-state index in [1.807, 2.05) is 0 Å². The van der Waals surface area contributed by atoms with Gasteiger partial charge in [0.2, 0.25) is 0 Å². The average Bonchev–Trinajstić information content (AvgIpc) is 3.18. The molecular formula is C32H43NO3. The number of hydrogen-bond donors (Lipinski definition) is 2. The van der Waals surface area contributed by atoms with Gasteiger partial charge in [-0.1, -0.05) is 55.9 Å². The molecule has 0 aromatic heterocycles. The number of aliphatic hydroxyl groups is 1. The van der Waals surface area contributed by atoms with E-state index >= 15 is 0 Å². The Bertz CT molecular complexity index is 1080. The maximum atomic E-state index is 11.1. The Morgan fingerprint density at radius 1 is 1.00 bits per heavy atom. The Labute approximate surface area is 217 Å². The second kappa shape index (κ2) is 8.98. The van der Waals surface area contributed by atoms with Gasteiger partial charge in [0.15, 0.2) is 5.79 Å². The van der Waals surface area contributed by atoms with Crippen LogP contribution in [0.15, 0.2) is 35.4 Å². The highest BCUT2D eigenvalue weighted by molar-refractivity contribution is 5.44. The lowest BCUT2D eigenvalue weighted by Crippen LogP contribution is -2.52. The number of ether oxygens (including phenoxy) is 2. The number of benzene rings is 1. The van der Waals surface area contributed by atoms with E-state index in [1.165, 1.54) is 18.4 Å². The molecule has 6 rings (SSSR count). The zero-order chi connectivity index (χ0) is 25.1. The molecule has 4 fully saturated rings. The van der Waals surface area contributed by atoms with Gasteiger partial charge in [-0.15, -0.1) is 0 Å². The summed E-state index contributed by atoms with van der Waals surface area (Å²) in [4.78, 5) is 0. The van der Waals surface area contributed by atoms with Gasteiger partial charge in [-0.3, -0.25) is 0 Å². The molecule has 0 amide bonds. The van der Waals surface area contributed by atoms with Gasteiger partial charge in [-0.25, -0.2) is 0 Å². The van der Waals surface area contributed by atoms with Crippen molar-refractivity contribution in [2.24, 2.45) is 34.3 Å². The van der Waals surface area contributed by atoms with Crippen LogP contribution in [0.5, 0.6) is 0 Å². The fourth-order valence-corrected chi connectivity index (χ4v) is 8.45. The average molecular weight is 490 g/mol. The molecule has 1 aromatic rings. The Hall–Kier alpha value is -1.64. The number of allylic oxidation sites excluding steroid dienone is 2. The third-order valence-electron chi connectivity index (χ3n) is 10.4. The lowest BCUT2D eigenvalue weighted by Gasteiger charge is -2.55. The molecule has 4 nitrogen and oxygen atoms in total. The van der Waals surface area contributed by atoms with E-state index in [2.05, 4.69) is 56.9 Å². The minimum absolute atomic E-state index is 0.00131. The predicted octanol–water partition coefficient (Wildman–Crippen LogP) is 5.54. The van der Waals surface area contributed by atoms with Gasteiger partial charge < -0.3 is 20.3 Å². The first-order chi connectivity index (χ1) is 17.2. The molecule has 1 saturated heterocycles. The van der Waals surface area contributed by atoms with Gasteiger partial charge in [0, 0.05) is 29.7 Å². The SMILES string of the molecule is CC1(C)COC2(CCC3=C4C(CCC3C2)C2CCC(O)C2(C)C[C@@H]4c2ccc(C#CCN)cc2)OC1. The Balaban J connectivity index is 1.36. The molecule has 194 valence electrons. The summed E-state index contributed by atoms with van der Waals surface area (Å²) in [6, 6.07) is 8.87. The van der Waals surface area contributed by atoms with Gasteiger partial charge >= 0.3 is 0 Å². The van der Waals surface area contributed by atoms with E-state index in [9.17, 15) is 5.11 Å². The fourth-order valence-electron chi connectivity index (χ4n) is 8.45. The summed E-state index contributed by atoms with van der Waals surface area (Å²) < 4.78 is 12.9. The molecular weight excluding hydrogens is 446 g/mol. The molecule has 4 heteroatoms. The second-order valence-electron chi connectivity index (χ2n) is 13.3. The number of fused-ring (bicyclic) bond motifs is 4. The Kier molecular flexibility index (Phi) is 6.16. The summed E-state index contributed by atoms with van der Waals surface area (Å²) in [5, 5.41) is 11.1. The van der Waals surface area contributed by atoms with Crippen molar-refractivity contribution >= 4 is 0 Å². The molecule has 4 aliphatic carbocycles. The molecule has 36 heavy (non-hydrogen) atoms. The summed E-state index contributed by atoms with van der Waals surface area (Å²) >= 11 is 0. The minimum Gasteiger partial charge on any atom is -0.393 e. The van der Waals surface area contributed by atoms with Crippen molar-refractivity contribution in [3.05, 3.63) is 46.5 Å². The smallest absolute Gasteiger partial charge is 0.169 e. The Morgan fingerprint density at radius 3 is 2.47 bits per heavy atom. The van der Waals surface area contributed by atoms with Gasteiger partial charge in [0.25, 0.3) is 0 Å². The van der Waals surface area contributed by atoms with E-state index < -0.39 is 0 Å². The zero-order valence-electron chi connectivity index (χ0n) is 22.3. The molecule has 5 unspecified atom stereocenters. The van der Waals surface area contributed by atoms with Crippen LogP contribution in [-0.2, 0) is 9.47 Å². The third-order valence-corrected chi connectivity index (χ3v) is 10.4. The van der Waals surface area contributed by atoms with Crippen LogP contribution in [0, 0.1) is 40.4 Å². The van der Waals surface area contributed by atoms with Crippen molar-refractivity contribution in [2.45, 2.75) is 89.9 Å². The van der Waals surface area contributed by atoms with Crippen LogP contribution in [0.2, 0.25) is 0 Å². The summed E-state index contributed by atoms with van der Waals surface area (Å²) in [5.41, 5.74) is 11.5. The van der Waals surface area contributed by atoms with Crippen molar-refractivity contribution in [3.8, 4) is 11.8 Å². The summed E-state index contributed by atoms with van der Waals surface area (Å²) in [7, 11) is 0. The van der Waals surface area contributed by atoms with Crippen LogP contribution in [0.1, 0.15) is 89.2 Å². The van der Waals surface area contributed by atoms with E-state index in [0.717, 1.165) is 57.3 Å². The van der Waals surface area contributed by atoms with Crippen LogP contribution in [-0.4, -0.2) is 36.8 Å². The highest BCUT2D eigenvalue weighted by atomic mass is 16.7. The summed E-state index contributed by atoms with van der Waals surface area (Å²) in [5.74, 6) is 7.88. The minimum atomic E-state index is -0.386. The molecule has 1 heterocycles. The van der Waals surface area contributed by atoms with E-state index in [-0.39, 0.29) is 22.7 Å². The van der Waals surface area contributed by atoms with Crippen molar-refractivity contribution < 1.29 is 14.6 Å². The van der Waals surface area contributed by atoms with E-state index in [4.69, 9.17) is 15.2 Å². The van der Waals surface area contributed by atoms with Crippen LogP contribution < -0.4 is 5.73 Å². The van der Waals surface area contributed by atoms with Crippen molar-refractivity contribution in [1.29, 1.82) is 0 Å². The van der Waals surface area contributed by atoms with Crippen molar-refractivity contribution in [2.75, 3.05) is 19.8 Å². The largest absolute Gasteiger partial charge is 0.393 e. The quantitative estimate of drug-likeness (QED) is 0.402. The molecule has 3 N–H and O–H groups in total. The first-order valence-electron chi connectivity index (χ1n) is 14.2. The molecule has 6 atom stereocenters. The normalized spacial score (nSPS) is 38.5. The monoisotopic (exact) mass is 489 g/mol. The second-order valence-corrected chi connectivity index (χ2v) is 13.3. The van der Waals surface area contributed by atoms with Crippen LogP contribution >= 0.6 is 0 Å². The zero-order valence-corrected chi connectivity index (χ0v) is 22.3. The number of nitrogens with two attached hydrogens (primary N) is 1. The first kappa shape index (κ1) is 24.7. The highest BCUT2D eigenvalue weighted by Gasteiger charge is 2.57. The maximum Gasteiger partial charge on any atom is 0.169 e. The van der Waals surface area contributed by atoms with Gasteiger partial charge in [0.1, 0.15) is 0 Å².